The van der Waals surface area contributed by atoms with Crippen LogP contribution in [0.15, 0.2) is 18.2 Å². The van der Waals surface area contributed by atoms with E-state index in [0.717, 1.165) is 19.3 Å². The summed E-state index contributed by atoms with van der Waals surface area (Å²) in [7, 11) is 0. The van der Waals surface area contributed by atoms with Crippen LogP contribution in [0.25, 0.3) is 0 Å². The summed E-state index contributed by atoms with van der Waals surface area (Å²) in [6.07, 6.45) is 2.55. The number of carbonyl (C=O) groups excluding carboxylic acids is 1. The molecular formula is C12H13ClFNO. The van der Waals surface area contributed by atoms with Crippen molar-refractivity contribution < 1.29 is 9.18 Å². The van der Waals surface area contributed by atoms with Crippen molar-refractivity contribution in [3.05, 3.63) is 34.6 Å². The van der Waals surface area contributed by atoms with Crippen LogP contribution in [-0.2, 0) is 11.2 Å². The van der Waals surface area contributed by atoms with E-state index in [2.05, 4.69) is 0 Å². The largest absolute Gasteiger partial charge is 0.319 e. The summed E-state index contributed by atoms with van der Waals surface area (Å²) in [6, 6.07) is 4.03. The second kappa shape index (κ2) is 4.15. The highest BCUT2D eigenvalue weighted by Gasteiger charge is 2.39. The maximum atomic E-state index is 13.0. The van der Waals surface area contributed by atoms with Crippen LogP contribution >= 0.6 is 11.6 Å². The van der Waals surface area contributed by atoms with Gasteiger partial charge in [0, 0.05) is 11.4 Å². The molecule has 4 heteroatoms. The van der Waals surface area contributed by atoms with Crippen LogP contribution in [0.4, 0.5) is 4.39 Å². The van der Waals surface area contributed by atoms with Crippen LogP contribution < -0.4 is 5.73 Å². The van der Waals surface area contributed by atoms with E-state index >= 15 is 0 Å². The average Bonchev–Trinajstić information content (AvgIpc) is 2.20. The van der Waals surface area contributed by atoms with Gasteiger partial charge in [-0.05, 0) is 43.0 Å². The second-order valence-corrected chi connectivity index (χ2v) is 4.75. The van der Waals surface area contributed by atoms with E-state index in [1.54, 1.807) is 0 Å². The summed E-state index contributed by atoms with van der Waals surface area (Å²) >= 11 is 5.89. The zero-order valence-electron chi connectivity index (χ0n) is 8.80. The molecule has 0 spiro atoms. The summed E-state index contributed by atoms with van der Waals surface area (Å²) < 4.78 is 13.0. The third-order valence-electron chi connectivity index (χ3n) is 3.16. The number of ketones is 1. The molecule has 1 aliphatic rings. The van der Waals surface area contributed by atoms with Gasteiger partial charge in [-0.1, -0.05) is 11.6 Å². The number of rotatable bonds is 3. The first kappa shape index (κ1) is 11.6. The molecule has 2 nitrogen and oxygen atoms in total. The Bertz CT molecular complexity index is 429. The summed E-state index contributed by atoms with van der Waals surface area (Å²) in [6.45, 7) is 0. The van der Waals surface area contributed by atoms with Gasteiger partial charge in [0.05, 0.1) is 5.54 Å². The van der Waals surface area contributed by atoms with Crippen LogP contribution in [0.2, 0.25) is 5.02 Å². The summed E-state index contributed by atoms with van der Waals surface area (Å²) in [5.41, 5.74) is 5.71. The Labute approximate surface area is 98.6 Å². The first-order valence-electron chi connectivity index (χ1n) is 5.27. The highest BCUT2D eigenvalue weighted by Crippen LogP contribution is 2.31. The molecule has 0 heterocycles. The number of carbonyl (C=O) groups is 1. The lowest BCUT2D eigenvalue weighted by molar-refractivity contribution is -0.126. The maximum Gasteiger partial charge on any atom is 0.157 e. The molecule has 0 bridgehead atoms. The van der Waals surface area contributed by atoms with Crippen LogP contribution in [0.5, 0.6) is 0 Å². The van der Waals surface area contributed by atoms with Gasteiger partial charge in [-0.15, -0.1) is 0 Å². The van der Waals surface area contributed by atoms with Gasteiger partial charge in [-0.3, -0.25) is 4.79 Å². The lowest BCUT2D eigenvalue weighted by Gasteiger charge is -2.36. The van der Waals surface area contributed by atoms with Crippen molar-refractivity contribution in [3.8, 4) is 0 Å². The van der Waals surface area contributed by atoms with Gasteiger partial charge in [0.15, 0.2) is 5.78 Å². The highest BCUT2D eigenvalue weighted by atomic mass is 35.5. The lowest BCUT2D eigenvalue weighted by Crippen LogP contribution is -2.54. The Kier molecular flexibility index (Phi) is 3.00. The molecule has 2 rings (SSSR count). The zero-order valence-corrected chi connectivity index (χ0v) is 9.56. The van der Waals surface area contributed by atoms with Crippen molar-refractivity contribution in [1.29, 1.82) is 0 Å². The van der Waals surface area contributed by atoms with E-state index < -0.39 is 5.54 Å². The Morgan fingerprint density at radius 2 is 2.19 bits per heavy atom. The zero-order chi connectivity index (χ0) is 11.8. The second-order valence-electron chi connectivity index (χ2n) is 4.35. The molecule has 2 N–H and O–H groups in total. The Morgan fingerprint density at radius 1 is 1.50 bits per heavy atom. The maximum absolute atomic E-state index is 13.0. The van der Waals surface area contributed by atoms with Gasteiger partial charge >= 0.3 is 0 Å². The summed E-state index contributed by atoms with van der Waals surface area (Å²) in [5.74, 6) is -0.432. The first-order valence-corrected chi connectivity index (χ1v) is 5.65. The Balaban J connectivity index is 2.14. The lowest BCUT2D eigenvalue weighted by atomic mass is 9.73. The van der Waals surface area contributed by atoms with Crippen molar-refractivity contribution in [2.24, 2.45) is 5.73 Å². The van der Waals surface area contributed by atoms with Crippen LogP contribution in [0.1, 0.15) is 24.8 Å². The minimum atomic E-state index is -0.699. The van der Waals surface area contributed by atoms with Gasteiger partial charge in [0.2, 0.25) is 0 Å². The Morgan fingerprint density at radius 3 is 2.75 bits per heavy atom. The number of Topliss-reactive ketones (excluding diaryl/α,β-unsaturated/α-hetero) is 1. The van der Waals surface area contributed by atoms with Gasteiger partial charge < -0.3 is 5.73 Å². The molecule has 16 heavy (non-hydrogen) atoms. The molecule has 0 amide bonds. The van der Waals surface area contributed by atoms with Crippen LogP contribution in [-0.4, -0.2) is 11.3 Å². The third-order valence-corrected chi connectivity index (χ3v) is 3.53. The smallest absolute Gasteiger partial charge is 0.157 e. The molecule has 0 saturated heterocycles. The van der Waals surface area contributed by atoms with Crippen molar-refractivity contribution in [3.63, 3.8) is 0 Å². The molecule has 0 aliphatic heterocycles. The number of halogens is 2. The predicted octanol–water partition coefficient (Wildman–Crippen LogP) is 2.47. The number of hydrogen-bond acceptors (Lipinski definition) is 2. The normalized spacial score (nSPS) is 17.9. The van der Waals surface area contributed by atoms with E-state index in [0.29, 0.717) is 10.6 Å². The fourth-order valence-electron chi connectivity index (χ4n) is 1.86. The molecule has 1 aliphatic carbocycles. The van der Waals surface area contributed by atoms with Crippen molar-refractivity contribution in [1.82, 2.24) is 0 Å². The van der Waals surface area contributed by atoms with E-state index in [1.807, 2.05) is 0 Å². The molecule has 1 saturated carbocycles. The molecule has 0 atom stereocenters. The van der Waals surface area contributed by atoms with E-state index in [1.165, 1.54) is 18.2 Å². The minimum absolute atomic E-state index is 0.0498. The standard InChI is InChI=1S/C12H13ClFNO/c13-10-3-2-9(14)6-8(10)7-11(16)12(15)4-1-5-12/h2-3,6H,1,4-5,7,15H2. The fourth-order valence-corrected chi connectivity index (χ4v) is 2.05. The number of nitrogens with two attached hydrogens (primary N) is 1. The number of benzene rings is 1. The molecule has 86 valence electrons. The quantitative estimate of drug-likeness (QED) is 0.884. The van der Waals surface area contributed by atoms with Crippen molar-refractivity contribution >= 4 is 17.4 Å². The topological polar surface area (TPSA) is 43.1 Å². The molecule has 0 aromatic heterocycles. The molecule has 1 aromatic rings. The summed E-state index contributed by atoms with van der Waals surface area (Å²) in [5, 5.41) is 0.415. The first-order chi connectivity index (χ1) is 7.51. The van der Waals surface area contributed by atoms with Gasteiger partial charge in [0.1, 0.15) is 5.82 Å². The Hall–Kier alpha value is -0.930. The van der Waals surface area contributed by atoms with Crippen molar-refractivity contribution in [2.75, 3.05) is 0 Å². The van der Waals surface area contributed by atoms with E-state index in [-0.39, 0.29) is 18.0 Å². The van der Waals surface area contributed by atoms with Gasteiger partial charge in [-0.2, -0.15) is 0 Å². The van der Waals surface area contributed by atoms with E-state index in [9.17, 15) is 9.18 Å². The van der Waals surface area contributed by atoms with Gasteiger partial charge in [0.25, 0.3) is 0 Å². The average molecular weight is 242 g/mol. The molecule has 0 radical (unpaired) electrons. The molecule has 0 unspecified atom stereocenters. The van der Waals surface area contributed by atoms with Crippen LogP contribution in [0, 0.1) is 5.82 Å². The summed E-state index contributed by atoms with van der Waals surface area (Å²) in [4.78, 5) is 11.9. The van der Waals surface area contributed by atoms with E-state index in [4.69, 9.17) is 17.3 Å². The monoisotopic (exact) mass is 241 g/mol. The molecule has 1 aromatic carbocycles. The number of hydrogen-bond donors (Lipinski definition) is 1. The fraction of sp³-hybridized carbons (Fsp3) is 0.417. The third kappa shape index (κ3) is 2.11. The predicted molar refractivity (Wildman–Crippen MR) is 60.9 cm³/mol. The molecule has 1 fully saturated rings. The van der Waals surface area contributed by atoms with Crippen molar-refractivity contribution in [2.45, 2.75) is 31.2 Å². The van der Waals surface area contributed by atoms with Crippen LogP contribution in [0.3, 0.4) is 0 Å². The van der Waals surface area contributed by atoms with Gasteiger partial charge in [-0.25, -0.2) is 4.39 Å². The molecular weight excluding hydrogens is 229 g/mol. The minimum Gasteiger partial charge on any atom is -0.319 e. The highest BCUT2D eigenvalue weighted by molar-refractivity contribution is 6.31. The SMILES string of the molecule is NC1(C(=O)Cc2cc(F)ccc2Cl)CCC1.